The molecule has 0 radical (unpaired) electrons. The van der Waals surface area contributed by atoms with Crippen LogP contribution in [0.25, 0.3) is 0 Å². The quantitative estimate of drug-likeness (QED) is 0.695. The summed E-state index contributed by atoms with van der Waals surface area (Å²) < 4.78 is 0. The molecule has 2 unspecified atom stereocenters. The van der Waals surface area contributed by atoms with Gasteiger partial charge in [0.2, 0.25) is 0 Å². The molecule has 1 heteroatoms. The van der Waals surface area contributed by atoms with Crippen LogP contribution in [0.2, 0.25) is 0 Å². The topological polar surface area (TPSA) is 20.2 Å². The van der Waals surface area contributed by atoms with E-state index in [4.69, 9.17) is 0 Å². The molecule has 1 aliphatic carbocycles. The van der Waals surface area contributed by atoms with E-state index >= 15 is 0 Å². The summed E-state index contributed by atoms with van der Waals surface area (Å²) in [7, 11) is 0. The summed E-state index contributed by atoms with van der Waals surface area (Å²) in [6.07, 6.45) is 5.71. The number of hydrogen-bond acceptors (Lipinski definition) is 1. The molecule has 0 amide bonds. The molecule has 0 aromatic heterocycles. The molecule has 82 valence electrons. The molecule has 0 heterocycles. The molecular weight excluding hydrogens is 184 g/mol. The first-order valence-electron chi connectivity index (χ1n) is 6.02. The van der Waals surface area contributed by atoms with Gasteiger partial charge in [0.1, 0.15) is 0 Å². The predicted octanol–water partition coefficient (Wildman–Crippen LogP) is 3.40. The number of hydrogen-bond donors (Lipinski definition) is 1. The van der Waals surface area contributed by atoms with Crippen LogP contribution in [-0.2, 0) is 0 Å². The molecule has 1 N–H and O–H groups in total. The molecule has 1 aromatic rings. The van der Waals surface area contributed by atoms with E-state index in [9.17, 15) is 5.11 Å². The van der Waals surface area contributed by atoms with Crippen molar-refractivity contribution in [1.29, 1.82) is 0 Å². The summed E-state index contributed by atoms with van der Waals surface area (Å²) in [5.41, 5.74) is 2.61. The van der Waals surface area contributed by atoms with Crippen molar-refractivity contribution < 1.29 is 5.11 Å². The summed E-state index contributed by atoms with van der Waals surface area (Å²) in [4.78, 5) is 0. The summed E-state index contributed by atoms with van der Waals surface area (Å²) >= 11 is 0. The van der Waals surface area contributed by atoms with Crippen LogP contribution in [0.4, 0.5) is 0 Å². The second-order valence-corrected chi connectivity index (χ2v) is 4.72. The molecule has 2 atom stereocenters. The Morgan fingerprint density at radius 2 is 1.67 bits per heavy atom. The Morgan fingerprint density at radius 1 is 1.00 bits per heavy atom. The van der Waals surface area contributed by atoms with Gasteiger partial charge in [0, 0.05) is 5.92 Å². The first-order valence-corrected chi connectivity index (χ1v) is 6.02. The minimum atomic E-state index is -0.129. The fraction of sp³-hybridized carbons (Fsp3) is 0.571. The second kappa shape index (κ2) is 4.80. The van der Waals surface area contributed by atoms with E-state index in [-0.39, 0.29) is 6.10 Å². The normalized spacial score (nSPS) is 27.3. The smallest absolute Gasteiger partial charge is 0.0608 e. The highest BCUT2D eigenvalue weighted by Crippen LogP contribution is 2.31. The van der Waals surface area contributed by atoms with Crippen molar-refractivity contribution in [1.82, 2.24) is 0 Å². The van der Waals surface area contributed by atoms with Gasteiger partial charge in [0.15, 0.2) is 0 Å². The van der Waals surface area contributed by atoms with Gasteiger partial charge >= 0.3 is 0 Å². The molecule has 0 spiro atoms. The lowest BCUT2D eigenvalue weighted by atomic mass is 9.89. The fourth-order valence-electron chi connectivity index (χ4n) is 2.49. The van der Waals surface area contributed by atoms with Gasteiger partial charge in [-0.2, -0.15) is 0 Å². The zero-order chi connectivity index (χ0) is 10.7. The van der Waals surface area contributed by atoms with Crippen molar-refractivity contribution in [3.8, 4) is 0 Å². The van der Waals surface area contributed by atoms with Gasteiger partial charge in [0.05, 0.1) is 6.10 Å². The summed E-state index contributed by atoms with van der Waals surface area (Å²) in [5.74, 6) is 0.369. The Bertz CT molecular complexity index is 302. The number of aryl methyl sites for hydroxylation is 1. The number of aliphatic hydroxyl groups excluding tert-OH is 1. The van der Waals surface area contributed by atoms with E-state index in [1.54, 1.807) is 0 Å². The van der Waals surface area contributed by atoms with E-state index in [1.807, 2.05) is 0 Å². The Labute approximate surface area is 92.1 Å². The Hall–Kier alpha value is -0.820. The van der Waals surface area contributed by atoms with Crippen molar-refractivity contribution in [3.63, 3.8) is 0 Å². The maximum Gasteiger partial charge on any atom is 0.0608 e. The molecule has 1 aromatic carbocycles. The van der Waals surface area contributed by atoms with Crippen LogP contribution in [0.5, 0.6) is 0 Å². The van der Waals surface area contributed by atoms with E-state index in [1.165, 1.54) is 30.4 Å². The predicted molar refractivity (Wildman–Crippen MR) is 63.0 cm³/mol. The standard InChI is InChI=1S/C14H20O/c1-11-7-9-12(10-8-11)13-5-3-2-4-6-14(13)15/h7-10,13-15H,2-6H2,1H3. The average Bonchev–Trinajstić information content (AvgIpc) is 2.44. The molecule has 15 heavy (non-hydrogen) atoms. The maximum absolute atomic E-state index is 10.1. The van der Waals surface area contributed by atoms with Crippen molar-refractivity contribution >= 4 is 0 Å². The number of aliphatic hydroxyl groups is 1. The highest BCUT2D eigenvalue weighted by atomic mass is 16.3. The van der Waals surface area contributed by atoms with Crippen LogP contribution in [0, 0.1) is 6.92 Å². The SMILES string of the molecule is Cc1ccc(C2CCCCCC2O)cc1. The third kappa shape index (κ3) is 2.60. The van der Waals surface area contributed by atoms with Crippen molar-refractivity contribution in [2.24, 2.45) is 0 Å². The Kier molecular flexibility index (Phi) is 3.42. The van der Waals surface area contributed by atoms with Crippen LogP contribution < -0.4 is 0 Å². The first-order chi connectivity index (χ1) is 7.27. The largest absolute Gasteiger partial charge is 0.392 e. The lowest BCUT2D eigenvalue weighted by Gasteiger charge is -2.20. The third-order valence-electron chi connectivity index (χ3n) is 3.48. The Balaban J connectivity index is 2.16. The van der Waals surface area contributed by atoms with Gasteiger partial charge in [-0.25, -0.2) is 0 Å². The van der Waals surface area contributed by atoms with Crippen molar-refractivity contribution in [3.05, 3.63) is 35.4 Å². The highest BCUT2D eigenvalue weighted by Gasteiger charge is 2.22. The monoisotopic (exact) mass is 204 g/mol. The zero-order valence-electron chi connectivity index (χ0n) is 9.45. The minimum Gasteiger partial charge on any atom is -0.392 e. The van der Waals surface area contributed by atoms with Gasteiger partial charge in [0.25, 0.3) is 0 Å². The number of rotatable bonds is 1. The Morgan fingerprint density at radius 3 is 2.40 bits per heavy atom. The average molecular weight is 204 g/mol. The lowest BCUT2D eigenvalue weighted by Crippen LogP contribution is -2.16. The van der Waals surface area contributed by atoms with Gasteiger partial charge in [-0.15, -0.1) is 0 Å². The molecule has 0 bridgehead atoms. The summed E-state index contributed by atoms with van der Waals surface area (Å²) in [6.45, 7) is 2.10. The van der Waals surface area contributed by atoms with Crippen LogP contribution in [0.1, 0.15) is 49.1 Å². The zero-order valence-corrected chi connectivity index (χ0v) is 9.45. The second-order valence-electron chi connectivity index (χ2n) is 4.72. The van der Waals surface area contributed by atoms with Gasteiger partial charge < -0.3 is 5.11 Å². The first kappa shape index (κ1) is 10.7. The van der Waals surface area contributed by atoms with E-state index in [2.05, 4.69) is 31.2 Å². The van der Waals surface area contributed by atoms with E-state index in [0.717, 1.165) is 12.8 Å². The van der Waals surface area contributed by atoms with Crippen molar-refractivity contribution in [2.45, 2.75) is 51.0 Å². The highest BCUT2D eigenvalue weighted by molar-refractivity contribution is 5.25. The minimum absolute atomic E-state index is 0.129. The molecule has 2 rings (SSSR count). The van der Waals surface area contributed by atoms with E-state index < -0.39 is 0 Å². The third-order valence-corrected chi connectivity index (χ3v) is 3.48. The van der Waals surface area contributed by atoms with Gasteiger partial charge in [-0.3, -0.25) is 0 Å². The van der Waals surface area contributed by atoms with Crippen LogP contribution in [0.3, 0.4) is 0 Å². The summed E-state index contributed by atoms with van der Waals surface area (Å²) in [6, 6.07) is 8.64. The lowest BCUT2D eigenvalue weighted by molar-refractivity contribution is 0.135. The van der Waals surface area contributed by atoms with E-state index in [0.29, 0.717) is 5.92 Å². The molecule has 0 saturated heterocycles. The number of benzene rings is 1. The summed E-state index contributed by atoms with van der Waals surface area (Å²) in [5, 5.41) is 10.1. The van der Waals surface area contributed by atoms with Crippen LogP contribution in [0.15, 0.2) is 24.3 Å². The molecule has 1 saturated carbocycles. The van der Waals surface area contributed by atoms with Crippen molar-refractivity contribution in [2.75, 3.05) is 0 Å². The van der Waals surface area contributed by atoms with Crippen LogP contribution >= 0.6 is 0 Å². The van der Waals surface area contributed by atoms with Gasteiger partial charge in [-0.1, -0.05) is 49.1 Å². The van der Waals surface area contributed by atoms with Gasteiger partial charge in [-0.05, 0) is 25.3 Å². The molecule has 0 aliphatic heterocycles. The molecular formula is C14H20O. The molecule has 1 nitrogen and oxygen atoms in total. The maximum atomic E-state index is 10.1. The fourth-order valence-corrected chi connectivity index (χ4v) is 2.49. The molecule has 1 fully saturated rings. The molecule has 1 aliphatic rings. The van der Waals surface area contributed by atoms with Crippen LogP contribution in [-0.4, -0.2) is 11.2 Å².